The number of aromatic nitrogens is 1. The molecular formula is C23H34IN5S. The largest absolute Gasteiger partial charge is 0.357 e. The summed E-state index contributed by atoms with van der Waals surface area (Å²) in [6, 6.07) is 12.8. The Morgan fingerprint density at radius 2 is 1.87 bits per heavy atom. The highest BCUT2D eigenvalue weighted by Gasteiger charge is 2.40. The number of thiazole rings is 1. The van der Waals surface area contributed by atoms with E-state index in [0.29, 0.717) is 24.7 Å². The van der Waals surface area contributed by atoms with Gasteiger partial charge in [0.1, 0.15) is 5.01 Å². The second-order valence-corrected chi connectivity index (χ2v) is 9.59. The lowest BCUT2D eigenvalue weighted by atomic mass is 9.96. The van der Waals surface area contributed by atoms with Gasteiger partial charge in [-0.2, -0.15) is 0 Å². The Labute approximate surface area is 201 Å². The fourth-order valence-electron chi connectivity index (χ4n) is 4.71. The number of piperidine rings is 1. The molecular weight excluding hydrogens is 505 g/mol. The standard InChI is InChI=1S/C23H33N5S.HI/c1-4-24-23(25-14-22-26-16(2)17(3)29-22)27-19-12-20-10-11-21(13-19)28(20)15-18-8-6-5-7-9-18;/h5-9,19-21H,4,10-15H2,1-3H3,(H2,24,25,27);1H. The first kappa shape index (κ1) is 23.5. The number of hydrogen-bond donors (Lipinski definition) is 2. The fraction of sp³-hybridized carbons (Fsp3) is 0.565. The average molecular weight is 540 g/mol. The molecule has 5 nitrogen and oxygen atoms in total. The summed E-state index contributed by atoms with van der Waals surface area (Å²) in [5.74, 6) is 0.930. The maximum atomic E-state index is 4.82. The predicted molar refractivity (Wildman–Crippen MR) is 137 cm³/mol. The lowest BCUT2D eigenvalue weighted by molar-refractivity contribution is 0.114. The van der Waals surface area contributed by atoms with Gasteiger partial charge in [0, 0.05) is 36.1 Å². The lowest BCUT2D eigenvalue weighted by Crippen LogP contribution is -2.52. The van der Waals surface area contributed by atoms with Crippen molar-refractivity contribution in [3.05, 3.63) is 51.5 Å². The Kier molecular flexibility index (Phi) is 8.53. The summed E-state index contributed by atoms with van der Waals surface area (Å²) < 4.78 is 0. The highest BCUT2D eigenvalue weighted by molar-refractivity contribution is 14.0. The van der Waals surface area contributed by atoms with Crippen LogP contribution < -0.4 is 10.6 Å². The number of fused-ring (bicyclic) bond motifs is 2. The Morgan fingerprint density at radius 3 is 2.47 bits per heavy atom. The van der Waals surface area contributed by atoms with E-state index in [0.717, 1.165) is 29.8 Å². The Morgan fingerprint density at radius 1 is 1.17 bits per heavy atom. The van der Waals surface area contributed by atoms with Crippen LogP contribution in [0.2, 0.25) is 0 Å². The summed E-state index contributed by atoms with van der Waals surface area (Å²) in [6.07, 6.45) is 5.04. The zero-order valence-corrected chi connectivity index (χ0v) is 21.4. The van der Waals surface area contributed by atoms with Crippen LogP contribution in [0.25, 0.3) is 0 Å². The van der Waals surface area contributed by atoms with Crippen molar-refractivity contribution in [1.82, 2.24) is 20.5 Å². The molecule has 30 heavy (non-hydrogen) atoms. The molecule has 0 radical (unpaired) electrons. The summed E-state index contributed by atoms with van der Waals surface area (Å²) in [4.78, 5) is 13.5. The van der Waals surface area contributed by atoms with Gasteiger partial charge in [-0.05, 0) is 52.0 Å². The summed E-state index contributed by atoms with van der Waals surface area (Å²) >= 11 is 1.75. The Balaban J connectivity index is 0.00000256. The second-order valence-electron chi connectivity index (χ2n) is 8.30. The molecule has 164 valence electrons. The third kappa shape index (κ3) is 5.73. The number of nitrogens with one attached hydrogen (secondary N) is 2. The molecule has 0 aliphatic carbocycles. The van der Waals surface area contributed by atoms with Gasteiger partial charge in [-0.3, -0.25) is 4.90 Å². The molecule has 0 amide bonds. The van der Waals surface area contributed by atoms with Crippen LogP contribution in [0, 0.1) is 13.8 Å². The minimum Gasteiger partial charge on any atom is -0.357 e. The first-order valence-corrected chi connectivity index (χ1v) is 11.7. The first-order chi connectivity index (χ1) is 14.1. The normalized spacial score (nSPS) is 23.8. The van der Waals surface area contributed by atoms with Crippen molar-refractivity contribution >= 4 is 41.3 Å². The van der Waals surface area contributed by atoms with E-state index >= 15 is 0 Å². The molecule has 2 aliphatic heterocycles. The predicted octanol–water partition coefficient (Wildman–Crippen LogP) is 4.63. The summed E-state index contributed by atoms with van der Waals surface area (Å²) in [7, 11) is 0. The van der Waals surface area contributed by atoms with Gasteiger partial charge in [-0.1, -0.05) is 30.3 Å². The van der Waals surface area contributed by atoms with E-state index in [-0.39, 0.29) is 24.0 Å². The molecule has 2 aromatic rings. The molecule has 2 fully saturated rings. The number of aliphatic imine (C=N–C) groups is 1. The van der Waals surface area contributed by atoms with Crippen molar-refractivity contribution in [3.8, 4) is 0 Å². The van der Waals surface area contributed by atoms with Crippen LogP contribution in [-0.2, 0) is 13.1 Å². The molecule has 2 bridgehead atoms. The van der Waals surface area contributed by atoms with Crippen LogP contribution in [0.5, 0.6) is 0 Å². The van der Waals surface area contributed by atoms with E-state index in [9.17, 15) is 0 Å². The molecule has 1 aromatic carbocycles. The molecule has 1 aromatic heterocycles. The summed E-state index contributed by atoms with van der Waals surface area (Å²) in [5, 5.41) is 8.24. The van der Waals surface area contributed by atoms with Crippen LogP contribution >= 0.6 is 35.3 Å². The van der Waals surface area contributed by atoms with Gasteiger partial charge in [0.15, 0.2) is 5.96 Å². The zero-order valence-electron chi connectivity index (χ0n) is 18.2. The minimum atomic E-state index is 0. The van der Waals surface area contributed by atoms with Crippen LogP contribution in [-0.4, -0.2) is 40.5 Å². The monoisotopic (exact) mass is 539 g/mol. The average Bonchev–Trinajstić information content (AvgIpc) is 3.15. The van der Waals surface area contributed by atoms with E-state index in [1.54, 1.807) is 11.3 Å². The zero-order chi connectivity index (χ0) is 20.2. The van der Waals surface area contributed by atoms with Crippen LogP contribution in [0.4, 0.5) is 0 Å². The van der Waals surface area contributed by atoms with Gasteiger partial charge >= 0.3 is 0 Å². The Bertz CT molecular complexity index is 804. The molecule has 2 saturated heterocycles. The van der Waals surface area contributed by atoms with Crippen molar-refractivity contribution < 1.29 is 0 Å². The maximum Gasteiger partial charge on any atom is 0.191 e. The summed E-state index contributed by atoms with van der Waals surface area (Å²) in [5.41, 5.74) is 2.56. The SMILES string of the molecule is CCNC(=NCc1nc(C)c(C)s1)NC1CC2CCC(C1)N2Cc1ccccc1.I. The first-order valence-electron chi connectivity index (χ1n) is 10.9. The highest BCUT2D eigenvalue weighted by atomic mass is 127. The molecule has 3 heterocycles. The van der Waals surface area contributed by atoms with E-state index in [1.807, 2.05) is 0 Å². The van der Waals surface area contributed by atoms with E-state index in [4.69, 9.17) is 4.99 Å². The van der Waals surface area contributed by atoms with Gasteiger partial charge in [0.2, 0.25) is 0 Å². The van der Waals surface area contributed by atoms with Gasteiger partial charge in [0.05, 0.1) is 12.2 Å². The van der Waals surface area contributed by atoms with Crippen molar-refractivity contribution in [2.75, 3.05) is 6.54 Å². The van der Waals surface area contributed by atoms with Crippen LogP contribution in [0.1, 0.15) is 53.7 Å². The molecule has 0 saturated carbocycles. The minimum absolute atomic E-state index is 0. The van der Waals surface area contributed by atoms with E-state index < -0.39 is 0 Å². The van der Waals surface area contributed by atoms with Crippen molar-refractivity contribution in [2.24, 2.45) is 4.99 Å². The Hall–Kier alpha value is -1.19. The van der Waals surface area contributed by atoms with Crippen molar-refractivity contribution in [2.45, 2.75) is 77.7 Å². The molecule has 2 N–H and O–H groups in total. The smallest absolute Gasteiger partial charge is 0.191 e. The number of aryl methyl sites for hydroxylation is 2. The van der Waals surface area contributed by atoms with Gasteiger partial charge in [-0.25, -0.2) is 9.98 Å². The molecule has 7 heteroatoms. The maximum absolute atomic E-state index is 4.82. The topological polar surface area (TPSA) is 52.6 Å². The van der Waals surface area contributed by atoms with Crippen LogP contribution in [0.3, 0.4) is 0 Å². The fourth-order valence-corrected chi connectivity index (χ4v) is 5.57. The lowest BCUT2D eigenvalue weighted by Gasteiger charge is -2.39. The van der Waals surface area contributed by atoms with Gasteiger partial charge in [-0.15, -0.1) is 35.3 Å². The van der Waals surface area contributed by atoms with Gasteiger partial charge < -0.3 is 10.6 Å². The van der Waals surface area contributed by atoms with Crippen molar-refractivity contribution in [1.29, 1.82) is 0 Å². The molecule has 2 aliphatic rings. The number of halogens is 1. The van der Waals surface area contributed by atoms with E-state index in [2.05, 4.69) is 71.6 Å². The highest BCUT2D eigenvalue weighted by Crippen LogP contribution is 2.36. The quantitative estimate of drug-likeness (QED) is 0.320. The number of hydrogen-bond acceptors (Lipinski definition) is 4. The molecule has 0 spiro atoms. The second kappa shape index (κ2) is 10.9. The summed E-state index contributed by atoms with van der Waals surface area (Å²) in [6.45, 7) is 8.93. The van der Waals surface area contributed by atoms with E-state index in [1.165, 1.54) is 36.1 Å². The molecule has 2 unspecified atom stereocenters. The third-order valence-corrected chi connectivity index (χ3v) is 7.28. The number of nitrogens with zero attached hydrogens (tertiary/aromatic N) is 3. The van der Waals surface area contributed by atoms with Crippen LogP contribution in [0.15, 0.2) is 35.3 Å². The number of rotatable bonds is 6. The third-order valence-electron chi connectivity index (χ3n) is 6.22. The number of benzene rings is 1. The van der Waals surface area contributed by atoms with Crippen molar-refractivity contribution in [3.63, 3.8) is 0 Å². The molecule has 2 atom stereocenters. The molecule has 4 rings (SSSR count). The van der Waals surface area contributed by atoms with Gasteiger partial charge in [0.25, 0.3) is 0 Å². The number of guanidine groups is 1.